The molecule has 1 amide bonds. The fraction of sp³-hybridized carbons (Fsp3) is 0.733. The van der Waals surface area contributed by atoms with Gasteiger partial charge in [-0.05, 0) is 45.1 Å². The quantitative estimate of drug-likeness (QED) is 0.665. The Hall–Kier alpha value is -1.96. The van der Waals surface area contributed by atoms with E-state index in [1.54, 1.807) is 13.8 Å². The molecule has 2 saturated heterocycles. The first-order valence-electron chi connectivity index (χ1n) is 8.04. The fourth-order valence-electron chi connectivity index (χ4n) is 3.60. The van der Waals surface area contributed by atoms with Gasteiger partial charge in [0.1, 0.15) is 17.9 Å². The van der Waals surface area contributed by atoms with Crippen molar-refractivity contribution in [2.75, 3.05) is 26.2 Å². The summed E-state index contributed by atoms with van der Waals surface area (Å²) in [4.78, 5) is 25.1. The monoisotopic (exact) mass is 321 g/mol. The molecule has 0 saturated carbocycles. The molecule has 0 atom stereocenters. The van der Waals surface area contributed by atoms with E-state index in [-0.39, 0.29) is 11.6 Å². The van der Waals surface area contributed by atoms with E-state index in [1.807, 2.05) is 4.90 Å². The third kappa shape index (κ3) is 2.83. The molecule has 126 valence electrons. The fourth-order valence-corrected chi connectivity index (χ4v) is 3.60. The van der Waals surface area contributed by atoms with Crippen LogP contribution in [0, 0.1) is 15.5 Å². The molecule has 1 spiro atoms. The van der Waals surface area contributed by atoms with Gasteiger partial charge in [0.2, 0.25) is 5.91 Å². The van der Waals surface area contributed by atoms with Gasteiger partial charge in [0.05, 0.1) is 4.92 Å². The van der Waals surface area contributed by atoms with Crippen LogP contribution in [0.2, 0.25) is 0 Å². The molecule has 1 N–H and O–H groups in total. The van der Waals surface area contributed by atoms with Crippen molar-refractivity contribution in [3.8, 4) is 0 Å². The predicted molar refractivity (Wildman–Crippen MR) is 83.9 cm³/mol. The van der Waals surface area contributed by atoms with Crippen LogP contribution in [0.3, 0.4) is 0 Å². The number of amides is 1. The Morgan fingerprint density at radius 3 is 2.61 bits per heavy atom. The van der Waals surface area contributed by atoms with E-state index >= 15 is 0 Å². The molecular weight excluding hydrogens is 298 g/mol. The molecule has 1 aromatic heterocycles. The van der Waals surface area contributed by atoms with E-state index in [0.717, 1.165) is 39.0 Å². The second-order valence-corrected chi connectivity index (χ2v) is 7.18. The lowest BCUT2D eigenvalue weighted by molar-refractivity contribution is -0.385. The van der Waals surface area contributed by atoms with Crippen LogP contribution in [-0.2, 0) is 10.3 Å². The van der Waals surface area contributed by atoms with Crippen LogP contribution in [0.1, 0.15) is 33.1 Å². The highest BCUT2D eigenvalue weighted by Crippen LogP contribution is 2.37. The average Bonchev–Trinajstić information content (AvgIpc) is 3.17. The van der Waals surface area contributed by atoms with Gasteiger partial charge in [-0.1, -0.05) is 0 Å². The molecule has 3 heterocycles. The van der Waals surface area contributed by atoms with E-state index in [4.69, 9.17) is 0 Å². The average molecular weight is 321 g/mol. The number of likely N-dealkylation sites (tertiary alicyclic amines) is 1. The van der Waals surface area contributed by atoms with Gasteiger partial charge in [0, 0.05) is 19.6 Å². The SMILES string of the molecule is CC(C)(C(=O)N1CCC2(CCNC2)CC1)n1cc([N+](=O)[O-])cn1. The van der Waals surface area contributed by atoms with Gasteiger partial charge in [-0.15, -0.1) is 0 Å². The predicted octanol–water partition coefficient (Wildman–Crippen LogP) is 1.13. The highest BCUT2D eigenvalue weighted by Gasteiger charge is 2.42. The van der Waals surface area contributed by atoms with Gasteiger partial charge in [-0.2, -0.15) is 5.10 Å². The van der Waals surface area contributed by atoms with Crippen molar-refractivity contribution in [2.45, 2.75) is 38.6 Å². The van der Waals surface area contributed by atoms with Crippen LogP contribution in [0.5, 0.6) is 0 Å². The van der Waals surface area contributed by atoms with Crippen LogP contribution >= 0.6 is 0 Å². The third-order valence-corrected chi connectivity index (χ3v) is 5.32. The summed E-state index contributed by atoms with van der Waals surface area (Å²) in [6, 6.07) is 0. The van der Waals surface area contributed by atoms with Gasteiger partial charge in [0.15, 0.2) is 0 Å². The second-order valence-electron chi connectivity index (χ2n) is 7.18. The highest BCUT2D eigenvalue weighted by molar-refractivity contribution is 5.83. The molecule has 8 nitrogen and oxygen atoms in total. The number of nitro groups is 1. The van der Waals surface area contributed by atoms with Crippen molar-refractivity contribution in [2.24, 2.45) is 5.41 Å². The summed E-state index contributed by atoms with van der Waals surface area (Å²) < 4.78 is 1.40. The molecule has 0 aliphatic carbocycles. The lowest BCUT2D eigenvalue weighted by Crippen LogP contribution is -2.51. The standard InChI is InChI=1S/C15H23N5O3/c1-14(2,19-10-12(9-17-19)20(22)23)13(21)18-7-4-15(5-8-18)3-6-16-11-15/h9-10,16H,3-8,11H2,1-2H3. The molecule has 2 fully saturated rings. The van der Waals surface area contributed by atoms with Gasteiger partial charge < -0.3 is 10.2 Å². The molecule has 2 aliphatic rings. The molecule has 8 heteroatoms. The van der Waals surface area contributed by atoms with Gasteiger partial charge in [-0.3, -0.25) is 19.6 Å². The van der Waals surface area contributed by atoms with Crippen molar-refractivity contribution >= 4 is 11.6 Å². The van der Waals surface area contributed by atoms with Crippen LogP contribution in [0.25, 0.3) is 0 Å². The smallest absolute Gasteiger partial charge is 0.307 e. The first kappa shape index (κ1) is 15.9. The van der Waals surface area contributed by atoms with E-state index < -0.39 is 10.5 Å². The first-order valence-corrected chi connectivity index (χ1v) is 8.04. The van der Waals surface area contributed by atoms with Crippen LogP contribution < -0.4 is 5.32 Å². The first-order chi connectivity index (χ1) is 10.8. The number of nitrogens with one attached hydrogen (secondary N) is 1. The molecule has 0 bridgehead atoms. The number of hydrogen-bond donors (Lipinski definition) is 1. The minimum atomic E-state index is -0.924. The Balaban J connectivity index is 1.70. The Morgan fingerprint density at radius 2 is 2.09 bits per heavy atom. The highest BCUT2D eigenvalue weighted by atomic mass is 16.6. The van der Waals surface area contributed by atoms with E-state index in [0.29, 0.717) is 5.41 Å². The Bertz CT molecular complexity index is 608. The topological polar surface area (TPSA) is 93.3 Å². The van der Waals surface area contributed by atoms with Crippen molar-refractivity contribution in [1.82, 2.24) is 20.0 Å². The zero-order valence-corrected chi connectivity index (χ0v) is 13.6. The number of nitrogens with zero attached hydrogens (tertiary/aromatic N) is 4. The molecule has 0 aromatic carbocycles. The number of hydrogen-bond acceptors (Lipinski definition) is 5. The Labute approximate surface area is 135 Å². The summed E-state index contributed by atoms with van der Waals surface area (Å²) in [5, 5.41) is 18.2. The molecule has 1 aromatic rings. The van der Waals surface area contributed by atoms with E-state index in [2.05, 4.69) is 10.4 Å². The molecule has 23 heavy (non-hydrogen) atoms. The molecule has 2 aliphatic heterocycles. The zero-order chi connectivity index (χ0) is 16.7. The lowest BCUT2D eigenvalue weighted by Gasteiger charge is -2.41. The molecule has 0 unspecified atom stereocenters. The Morgan fingerprint density at radius 1 is 1.39 bits per heavy atom. The van der Waals surface area contributed by atoms with E-state index in [9.17, 15) is 14.9 Å². The van der Waals surface area contributed by atoms with Gasteiger partial charge in [0.25, 0.3) is 0 Å². The molecule has 0 radical (unpaired) electrons. The summed E-state index contributed by atoms with van der Waals surface area (Å²) >= 11 is 0. The Kier molecular flexibility index (Phi) is 3.87. The normalized spacial score (nSPS) is 20.9. The van der Waals surface area contributed by atoms with Crippen LogP contribution in [0.15, 0.2) is 12.4 Å². The van der Waals surface area contributed by atoms with Crippen molar-refractivity contribution < 1.29 is 9.72 Å². The van der Waals surface area contributed by atoms with Crippen molar-refractivity contribution in [1.29, 1.82) is 0 Å². The maximum atomic E-state index is 12.9. The number of rotatable bonds is 3. The van der Waals surface area contributed by atoms with E-state index in [1.165, 1.54) is 23.5 Å². The molecular formula is C15H23N5O3. The summed E-state index contributed by atoms with van der Waals surface area (Å²) in [6.07, 6.45) is 5.72. The zero-order valence-electron chi connectivity index (χ0n) is 13.6. The largest absolute Gasteiger partial charge is 0.341 e. The maximum absolute atomic E-state index is 12.9. The second kappa shape index (κ2) is 5.59. The maximum Gasteiger partial charge on any atom is 0.307 e. The van der Waals surface area contributed by atoms with Crippen molar-refractivity contribution in [3.63, 3.8) is 0 Å². The summed E-state index contributed by atoms with van der Waals surface area (Å²) in [7, 11) is 0. The summed E-state index contributed by atoms with van der Waals surface area (Å²) in [5.74, 6) is -0.0312. The summed E-state index contributed by atoms with van der Waals surface area (Å²) in [5.41, 5.74) is -0.668. The minimum Gasteiger partial charge on any atom is -0.341 e. The lowest BCUT2D eigenvalue weighted by atomic mass is 9.77. The number of aromatic nitrogens is 2. The third-order valence-electron chi connectivity index (χ3n) is 5.32. The number of carbonyl (C=O) groups is 1. The number of piperidine rings is 1. The van der Waals surface area contributed by atoms with Crippen molar-refractivity contribution in [3.05, 3.63) is 22.5 Å². The van der Waals surface area contributed by atoms with Gasteiger partial charge in [-0.25, -0.2) is 0 Å². The molecule has 3 rings (SSSR count). The van der Waals surface area contributed by atoms with Crippen LogP contribution in [0.4, 0.5) is 5.69 Å². The minimum absolute atomic E-state index is 0.0312. The van der Waals surface area contributed by atoms with Crippen LogP contribution in [-0.4, -0.2) is 51.7 Å². The number of carbonyl (C=O) groups excluding carboxylic acids is 1. The summed E-state index contributed by atoms with van der Waals surface area (Å²) in [6.45, 7) is 7.11. The van der Waals surface area contributed by atoms with Gasteiger partial charge >= 0.3 is 5.69 Å².